The highest BCUT2D eigenvalue weighted by molar-refractivity contribution is 9.13. The number of hydrogen-bond acceptors (Lipinski definition) is 3. The topological polar surface area (TPSA) is 32.5 Å². The van der Waals surface area contributed by atoms with Gasteiger partial charge in [-0.25, -0.2) is 0 Å². The van der Waals surface area contributed by atoms with Crippen molar-refractivity contribution in [3.05, 3.63) is 32.7 Å². The van der Waals surface area contributed by atoms with Gasteiger partial charge in [0.05, 0.1) is 0 Å². The summed E-state index contributed by atoms with van der Waals surface area (Å²) < 4.78 is 2.17. The molecule has 20 heavy (non-hydrogen) atoms. The van der Waals surface area contributed by atoms with Crippen LogP contribution in [0.2, 0.25) is 0 Å². The first-order valence-corrected chi connectivity index (χ1v) is 8.58. The summed E-state index contributed by atoms with van der Waals surface area (Å²) in [5.41, 5.74) is 7.34. The molecule has 0 spiro atoms. The highest BCUT2D eigenvalue weighted by atomic mass is 79.9. The molecule has 0 radical (unpaired) electrons. The van der Waals surface area contributed by atoms with Gasteiger partial charge in [0.25, 0.3) is 0 Å². The highest BCUT2D eigenvalue weighted by Crippen LogP contribution is 2.32. The molecule has 3 unspecified atom stereocenters. The van der Waals surface area contributed by atoms with E-state index in [0.717, 1.165) is 22.0 Å². The van der Waals surface area contributed by atoms with Crippen molar-refractivity contribution < 1.29 is 0 Å². The lowest BCUT2D eigenvalue weighted by Gasteiger charge is -2.28. The summed E-state index contributed by atoms with van der Waals surface area (Å²) in [4.78, 5) is 4.85. The van der Waals surface area contributed by atoms with Crippen molar-refractivity contribution in [3.8, 4) is 0 Å². The Morgan fingerprint density at radius 2 is 2.00 bits per heavy atom. The van der Waals surface area contributed by atoms with Crippen LogP contribution in [0.25, 0.3) is 0 Å². The number of likely N-dealkylation sites (tertiary alicyclic amines) is 1. The molecular weight excluding hydrogens is 382 g/mol. The molecule has 5 heteroatoms. The molecule has 0 aromatic heterocycles. The number of nitrogens with two attached hydrogens (primary N) is 1. The molecule has 0 saturated carbocycles. The summed E-state index contributed by atoms with van der Waals surface area (Å²) in [6.45, 7) is 5.18. The van der Waals surface area contributed by atoms with Crippen LogP contribution in [-0.4, -0.2) is 49.6 Å². The largest absolute Gasteiger partial charge is 0.329 e. The molecule has 0 bridgehead atoms. The molecular formula is C15H23Br2N3. The molecule has 1 aromatic carbocycles. The number of hydrogen-bond donors (Lipinski definition) is 1. The average Bonchev–Trinajstić information content (AvgIpc) is 2.77. The molecule has 1 saturated heterocycles. The van der Waals surface area contributed by atoms with Crippen molar-refractivity contribution in [2.75, 3.05) is 33.7 Å². The second-order valence-corrected chi connectivity index (χ2v) is 7.60. The number of nitrogens with zero attached hydrogens (tertiary/aromatic N) is 2. The van der Waals surface area contributed by atoms with Gasteiger partial charge in [-0.2, -0.15) is 0 Å². The smallest absolute Gasteiger partial charge is 0.0471 e. The Kier molecular flexibility index (Phi) is 5.65. The predicted molar refractivity (Wildman–Crippen MR) is 91.8 cm³/mol. The fourth-order valence-electron chi connectivity index (χ4n) is 3.13. The van der Waals surface area contributed by atoms with Gasteiger partial charge in [0.15, 0.2) is 0 Å². The third-order valence-electron chi connectivity index (χ3n) is 4.26. The van der Waals surface area contributed by atoms with Crippen molar-refractivity contribution in [1.29, 1.82) is 0 Å². The Bertz CT molecular complexity index is 464. The van der Waals surface area contributed by atoms with Crippen molar-refractivity contribution in [2.45, 2.75) is 19.0 Å². The Labute approximate surface area is 138 Å². The van der Waals surface area contributed by atoms with E-state index in [9.17, 15) is 0 Å². The molecule has 1 aliphatic rings. The van der Waals surface area contributed by atoms with Crippen molar-refractivity contribution in [3.63, 3.8) is 0 Å². The van der Waals surface area contributed by atoms with E-state index >= 15 is 0 Å². The molecule has 1 heterocycles. The lowest BCUT2D eigenvalue weighted by Crippen LogP contribution is -2.36. The fourth-order valence-corrected chi connectivity index (χ4v) is 3.77. The Morgan fingerprint density at radius 3 is 2.50 bits per heavy atom. The quantitative estimate of drug-likeness (QED) is 0.836. The van der Waals surface area contributed by atoms with Gasteiger partial charge in [-0.05, 0) is 69.6 Å². The number of benzene rings is 1. The van der Waals surface area contributed by atoms with Gasteiger partial charge in [-0.3, -0.25) is 4.90 Å². The van der Waals surface area contributed by atoms with E-state index in [4.69, 9.17) is 5.73 Å². The lowest BCUT2D eigenvalue weighted by atomic mass is 10.1. The molecule has 1 fully saturated rings. The van der Waals surface area contributed by atoms with E-state index in [1.54, 1.807) is 0 Å². The van der Waals surface area contributed by atoms with E-state index in [2.05, 4.69) is 80.9 Å². The minimum atomic E-state index is 0.298. The van der Waals surface area contributed by atoms with E-state index in [1.165, 1.54) is 5.56 Å². The molecule has 0 aliphatic carbocycles. The SMILES string of the molecule is CC1CN(C(CN)c2ccc(Br)c(Br)c2)CC1N(C)C. The third kappa shape index (κ3) is 3.45. The highest BCUT2D eigenvalue weighted by Gasteiger charge is 2.34. The van der Waals surface area contributed by atoms with E-state index < -0.39 is 0 Å². The minimum Gasteiger partial charge on any atom is -0.329 e. The average molecular weight is 405 g/mol. The third-order valence-corrected chi connectivity index (χ3v) is 6.14. The molecule has 3 nitrogen and oxygen atoms in total. The number of likely N-dealkylation sites (N-methyl/N-ethyl adjacent to an activating group) is 1. The van der Waals surface area contributed by atoms with E-state index in [0.29, 0.717) is 24.5 Å². The Balaban J connectivity index is 2.18. The summed E-state index contributed by atoms with van der Waals surface area (Å²) in [5, 5.41) is 0. The van der Waals surface area contributed by atoms with Gasteiger partial charge in [0.1, 0.15) is 0 Å². The van der Waals surface area contributed by atoms with E-state index in [-0.39, 0.29) is 0 Å². The molecule has 3 atom stereocenters. The first kappa shape index (κ1) is 16.4. The molecule has 1 aliphatic heterocycles. The molecule has 2 N–H and O–H groups in total. The van der Waals surface area contributed by atoms with Crippen LogP contribution in [0.4, 0.5) is 0 Å². The zero-order valence-corrected chi connectivity index (χ0v) is 15.5. The monoisotopic (exact) mass is 403 g/mol. The van der Waals surface area contributed by atoms with Crippen molar-refractivity contribution in [2.24, 2.45) is 11.7 Å². The predicted octanol–water partition coefficient (Wildman–Crippen LogP) is 3.09. The maximum absolute atomic E-state index is 6.06. The van der Waals surface area contributed by atoms with Gasteiger partial charge < -0.3 is 10.6 Å². The van der Waals surface area contributed by atoms with Gasteiger partial charge >= 0.3 is 0 Å². The Hall–Kier alpha value is 0.0600. The first-order valence-electron chi connectivity index (χ1n) is 6.99. The van der Waals surface area contributed by atoms with Gasteiger partial charge in [-0.15, -0.1) is 0 Å². The van der Waals surface area contributed by atoms with Crippen LogP contribution in [-0.2, 0) is 0 Å². The zero-order valence-electron chi connectivity index (χ0n) is 12.3. The summed E-state index contributed by atoms with van der Waals surface area (Å²) >= 11 is 7.11. The summed E-state index contributed by atoms with van der Waals surface area (Å²) in [6, 6.07) is 7.34. The molecule has 0 amide bonds. The second-order valence-electron chi connectivity index (χ2n) is 5.89. The normalized spacial score (nSPS) is 25.4. The van der Waals surface area contributed by atoms with Crippen LogP contribution in [0.15, 0.2) is 27.1 Å². The number of rotatable bonds is 4. The fraction of sp³-hybridized carbons (Fsp3) is 0.600. The lowest BCUT2D eigenvalue weighted by molar-refractivity contribution is 0.219. The summed E-state index contributed by atoms with van der Waals surface area (Å²) in [7, 11) is 4.33. The molecule has 1 aromatic rings. The summed E-state index contributed by atoms with van der Waals surface area (Å²) in [5.74, 6) is 0.679. The molecule has 112 valence electrons. The first-order chi connectivity index (χ1) is 9.43. The molecule has 2 rings (SSSR count). The van der Waals surface area contributed by atoms with E-state index in [1.807, 2.05) is 0 Å². The van der Waals surface area contributed by atoms with Crippen LogP contribution in [0.1, 0.15) is 18.5 Å². The second kappa shape index (κ2) is 6.88. The Morgan fingerprint density at radius 1 is 1.30 bits per heavy atom. The van der Waals surface area contributed by atoms with Crippen molar-refractivity contribution >= 4 is 31.9 Å². The standard InChI is InChI=1S/C15H23Br2N3/c1-10-8-20(9-15(10)19(2)3)14(7-18)11-4-5-12(16)13(17)6-11/h4-6,10,14-15H,7-9,18H2,1-3H3. The van der Waals surface area contributed by atoms with Crippen LogP contribution in [0.5, 0.6) is 0 Å². The maximum Gasteiger partial charge on any atom is 0.0471 e. The maximum atomic E-state index is 6.06. The number of halogens is 2. The van der Waals surface area contributed by atoms with Gasteiger partial charge in [-0.1, -0.05) is 13.0 Å². The summed E-state index contributed by atoms with van der Waals surface area (Å²) in [6.07, 6.45) is 0. The van der Waals surface area contributed by atoms with Crippen LogP contribution in [0.3, 0.4) is 0 Å². The van der Waals surface area contributed by atoms with Crippen LogP contribution >= 0.6 is 31.9 Å². The van der Waals surface area contributed by atoms with Crippen LogP contribution < -0.4 is 5.73 Å². The zero-order chi connectivity index (χ0) is 14.9. The minimum absolute atomic E-state index is 0.298. The van der Waals surface area contributed by atoms with Crippen LogP contribution in [0, 0.1) is 5.92 Å². The van der Waals surface area contributed by atoms with Gasteiger partial charge in [0.2, 0.25) is 0 Å². The van der Waals surface area contributed by atoms with Crippen molar-refractivity contribution in [1.82, 2.24) is 9.80 Å². The van der Waals surface area contributed by atoms with Gasteiger partial charge in [0, 0.05) is 40.7 Å².